The quantitative estimate of drug-likeness (QED) is 0.126. The van der Waals surface area contributed by atoms with Crippen molar-refractivity contribution in [3.05, 3.63) is 145 Å². The van der Waals surface area contributed by atoms with Gasteiger partial charge < -0.3 is 0 Å². The van der Waals surface area contributed by atoms with Crippen LogP contribution in [-0.2, 0) is 32.7 Å². The maximum Gasteiger partial charge on any atom is -0.0809 e. The van der Waals surface area contributed by atoms with E-state index in [0.29, 0.717) is 0 Å². The third kappa shape index (κ3) is 13.4. The summed E-state index contributed by atoms with van der Waals surface area (Å²) in [5, 5.41) is 5.42. The van der Waals surface area contributed by atoms with Crippen molar-refractivity contribution in [3.63, 3.8) is 0 Å². The second kappa shape index (κ2) is 21.5. The fourth-order valence-electron chi connectivity index (χ4n) is 4.64. The number of hydrogen-bond donors (Lipinski definition) is 0. The van der Waals surface area contributed by atoms with Crippen molar-refractivity contribution >= 4 is 48.1 Å². The van der Waals surface area contributed by atoms with Crippen LogP contribution in [0.2, 0.25) is 13.1 Å². The summed E-state index contributed by atoms with van der Waals surface area (Å²) in [4.78, 5) is 0. The van der Waals surface area contributed by atoms with Gasteiger partial charge in [0.1, 0.15) is 0 Å². The maximum absolute atomic E-state index is 4.93. The van der Waals surface area contributed by atoms with Crippen LogP contribution < -0.4 is 0 Å². The molecule has 0 N–H and O–H groups in total. The Kier molecular flexibility index (Phi) is 18.6. The fourth-order valence-corrected chi connectivity index (χ4v) is 4.64. The molecule has 0 aliphatic heterocycles. The average molecular weight is 716 g/mol. The first-order valence-corrected chi connectivity index (χ1v) is 23.5. The summed E-state index contributed by atoms with van der Waals surface area (Å²) in [6.07, 6.45) is 3.71. The average Bonchev–Trinajstić information content (AvgIpc) is 3.69. The van der Waals surface area contributed by atoms with E-state index >= 15 is 0 Å². The first-order valence-electron chi connectivity index (χ1n) is 15.1. The summed E-state index contributed by atoms with van der Waals surface area (Å²) in [7, 11) is 11.0. The minimum Gasteiger partial charge on any atom is -0.184 e. The predicted molar refractivity (Wildman–Crippen MR) is 196 cm³/mol. The predicted octanol–water partition coefficient (Wildman–Crippen LogP) is 13.1. The van der Waals surface area contributed by atoms with Gasteiger partial charge in [-0.2, -0.15) is 60.0 Å². The molecule has 0 unspecified atom stereocenters. The minimum atomic E-state index is -0.826. The normalized spacial score (nSPS) is 10.2. The van der Waals surface area contributed by atoms with Gasteiger partial charge in [0.25, 0.3) is 0 Å². The molecule has 0 heterocycles. The summed E-state index contributed by atoms with van der Waals surface area (Å²) in [6, 6.07) is 47.7. The van der Waals surface area contributed by atoms with Gasteiger partial charge >= 0.3 is 37.9 Å². The van der Waals surface area contributed by atoms with Crippen LogP contribution in [0.25, 0.3) is 32.7 Å². The van der Waals surface area contributed by atoms with Crippen LogP contribution in [0.3, 0.4) is 0 Å². The van der Waals surface area contributed by atoms with Gasteiger partial charge in [0.2, 0.25) is 0 Å². The van der Waals surface area contributed by atoms with E-state index in [1.54, 1.807) is 0 Å². The van der Waals surface area contributed by atoms with Crippen molar-refractivity contribution in [3.8, 4) is 11.1 Å². The van der Waals surface area contributed by atoms with Gasteiger partial charge in [0.15, 0.2) is 0 Å². The van der Waals surface area contributed by atoms with Crippen molar-refractivity contribution in [1.29, 1.82) is 0 Å². The van der Waals surface area contributed by atoms with E-state index in [1.807, 2.05) is 30.3 Å². The zero-order valence-electron chi connectivity index (χ0n) is 27.0. The number of hydrogen-bond acceptors (Lipinski definition) is 0. The zero-order chi connectivity index (χ0) is 32.2. The Morgan fingerprint density at radius 3 is 1.98 bits per heavy atom. The molecule has 0 amide bonds. The van der Waals surface area contributed by atoms with Crippen LogP contribution in [0.15, 0.2) is 127 Å². The van der Waals surface area contributed by atoms with Crippen LogP contribution in [0, 0.1) is 6.07 Å². The van der Waals surface area contributed by atoms with Crippen LogP contribution in [0.4, 0.5) is 0 Å². The van der Waals surface area contributed by atoms with E-state index < -0.39 is 20.8 Å². The van der Waals surface area contributed by atoms with Gasteiger partial charge in [-0.25, -0.2) is 0 Å². The smallest absolute Gasteiger partial charge is 0.0809 e. The summed E-state index contributed by atoms with van der Waals surface area (Å²) in [5.74, 6) is 0. The third-order valence-corrected chi connectivity index (χ3v) is 6.85. The molecule has 6 rings (SSSR count). The second-order valence-corrected chi connectivity index (χ2v) is 16.1. The molecule has 0 saturated heterocycles. The molecule has 4 heteroatoms. The number of benzene rings is 4. The van der Waals surface area contributed by atoms with Crippen molar-refractivity contribution in [2.45, 2.75) is 65.5 Å². The molecule has 0 nitrogen and oxygen atoms in total. The Labute approximate surface area is 288 Å². The number of aryl methyl sites for hydroxylation is 1. The van der Waals surface area contributed by atoms with E-state index in [-0.39, 0.29) is 5.41 Å². The van der Waals surface area contributed by atoms with E-state index in [0.717, 1.165) is 9.52 Å². The molecule has 6 aromatic rings. The molecule has 0 atom stereocenters. The molecule has 2 radical (unpaired) electrons. The molecule has 0 spiro atoms. The first kappa shape index (κ1) is 38.0. The van der Waals surface area contributed by atoms with Crippen molar-refractivity contribution in [2.24, 2.45) is 0 Å². The molecule has 0 bridgehead atoms. The van der Waals surface area contributed by atoms with Crippen LogP contribution in [0.5, 0.6) is 0 Å². The van der Waals surface area contributed by atoms with E-state index in [9.17, 15) is 0 Å². The van der Waals surface area contributed by atoms with Crippen molar-refractivity contribution in [1.82, 2.24) is 0 Å². The molecule has 0 aliphatic rings. The van der Waals surface area contributed by atoms with Gasteiger partial charge in [-0.15, -0.1) is 64.2 Å². The summed E-state index contributed by atoms with van der Waals surface area (Å²) in [6.45, 7) is 13.4. The van der Waals surface area contributed by atoms with E-state index in [4.69, 9.17) is 17.0 Å². The number of halogens is 2. The van der Waals surface area contributed by atoms with Crippen molar-refractivity contribution in [2.75, 3.05) is 0 Å². The van der Waals surface area contributed by atoms with Gasteiger partial charge in [-0.05, 0) is 23.0 Å². The standard InChI is InChI=1S/C23H27.C9H7.C6H5.C2H6Si.2ClH.Zr/c1-5-6-8-17-15-19-9-7-10-21(22(19)16-17)18-11-13-20(14-12-18)23(2,3)4;1-2-5-9-7-3-6-8(9)4-1;1-2-4-6-5-3-1;1-3-2;;;/h7,9-16H,5-6,8H2,1-4H3;1-7H;1-5H;1-2H3;2*1H;/q3*-1;;;;+2/p-2. The van der Waals surface area contributed by atoms with Crippen molar-refractivity contribution < 1.29 is 20.8 Å². The molecular formula is C40H45Cl2SiZr-3. The number of unbranched alkanes of at least 4 members (excludes halogenated alkanes) is 1. The Bertz CT molecular complexity index is 1500. The Morgan fingerprint density at radius 2 is 1.43 bits per heavy atom. The zero-order valence-corrected chi connectivity index (χ0v) is 32.0. The van der Waals surface area contributed by atoms with Gasteiger partial charge in [-0.3, -0.25) is 0 Å². The minimum absolute atomic E-state index is 0.207. The largest absolute Gasteiger partial charge is 0.184 e. The molecule has 230 valence electrons. The van der Waals surface area contributed by atoms with E-state index in [2.05, 4.69) is 144 Å². The number of rotatable bonds is 4. The number of fused-ring (bicyclic) bond motifs is 2. The summed E-state index contributed by atoms with van der Waals surface area (Å²) < 4.78 is 0. The molecule has 0 aromatic heterocycles. The molecule has 0 aliphatic carbocycles. The molecular weight excluding hydrogens is 671 g/mol. The van der Waals surface area contributed by atoms with Crippen LogP contribution >= 0.6 is 17.0 Å². The van der Waals surface area contributed by atoms with Gasteiger partial charge in [0.05, 0.1) is 0 Å². The van der Waals surface area contributed by atoms with E-state index in [1.165, 1.54) is 63.1 Å². The summed E-state index contributed by atoms with van der Waals surface area (Å²) >= 11 is -0.826. The molecule has 44 heavy (non-hydrogen) atoms. The Morgan fingerprint density at radius 1 is 0.795 bits per heavy atom. The monoisotopic (exact) mass is 713 g/mol. The Balaban J connectivity index is 0.000000260. The van der Waals surface area contributed by atoms with Crippen LogP contribution in [0.1, 0.15) is 51.7 Å². The fraction of sp³-hybridized carbons (Fsp3) is 0.250. The SMILES string of the molecule is CCCCc1cc2c(-c3ccc(C(C)(C)C)cc3)cccc2[cH-]1.C[Si]C.[Cl][Zr][Cl].[c-]1ccccc1.c1ccc2[cH-]ccc2c1. The van der Waals surface area contributed by atoms with Gasteiger partial charge in [-0.1, -0.05) is 95.6 Å². The van der Waals surface area contributed by atoms with Crippen LogP contribution in [-0.4, -0.2) is 9.52 Å². The first-order chi connectivity index (χ1) is 21.3. The third-order valence-electron chi connectivity index (χ3n) is 6.85. The molecule has 0 fully saturated rings. The molecule has 6 aromatic carbocycles. The Hall–Kier alpha value is -2.22. The summed E-state index contributed by atoms with van der Waals surface area (Å²) in [5.41, 5.74) is 5.74. The van der Waals surface area contributed by atoms with Gasteiger partial charge in [0, 0.05) is 9.52 Å². The second-order valence-electron chi connectivity index (χ2n) is 11.4. The maximum atomic E-state index is 4.93. The topological polar surface area (TPSA) is 0 Å². The molecule has 0 saturated carbocycles.